The molecule has 0 unspecified atom stereocenters. The molecule has 6 nitrogen and oxygen atoms in total. The molecular weight excluding hydrogens is 364 g/mol. The lowest BCUT2D eigenvalue weighted by atomic mass is 10.1. The first kappa shape index (κ1) is 19.2. The van der Waals surface area contributed by atoms with Gasteiger partial charge in [-0.25, -0.2) is 4.79 Å². The van der Waals surface area contributed by atoms with Gasteiger partial charge in [0, 0.05) is 49.5 Å². The number of hydrogen-bond donors (Lipinski definition) is 0. The predicted octanol–water partition coefficient (Wildman–Crippen LogP) is 4.01. The largest absolute Gasteiger partial charge is 0.449 e. The Morgan fingerprint density at radius 3 is 3.00 bits per heavy atom. The third-order valence-corrected chi connectivity index (χ3v) is 5.32. The summed E-state index contributed by atoms with van der Waals surface area (Å²) < 4.78 is 5.45. The number of anilines is 2. The average Bonchev–Trinajstić information content (AvgIpc) is 3.41. The molecule has 4 rings (SSSR count). The second-order valence-electron chi connectivity index (χ2n) is 7.33. The maximum absolute atomic E-state index is 12.5. The van der Waals surface area contributed by atoms with E-state index in [1.807, 2.05) is 30.5 Å². The average molecular weight is 390 g/mol. The van der Waals surface area contributed by atoms with E-state index in [1.54, 1.807) is 18.1 Å². The molecule has 0 fully saturated rings. The summed E-state index contributed by atoms with van der Waals surface area (Å²) in [5, 5.41) is 0. The quantitative estimate of drug-likeness (QED) is 0.671. The Kier molecular flexibility index (Phi) is 5.89. The van der Waals surface area contributed by atoms with Crippen molar-refractivity contribution in [3.63, 3.8) is 0 Å². The Morgan fingerprint density at radius 1 is 1.28 bits per heavy atom. The number of aliphatic imine (C=N–C) groups is 1. The molecule has 0 aliphatic carbocycles. The van der Waals surface area contributed by atoms with Gasteiger partial charge in [0.15, 0.2) is 0 Å². The van der Waals surface area contributed by atoms with Gasteiger partial charge in [0.05, 0.1) is 18.8 Å². The van der Waals surface area contributed by atoms with E-state index in [9.17, 15) is 4.79 Å². The number of rotatable bonds is 7. The zero-order valence-corrected chi connectivity index (χ0v) is 16.8. The van der Waals surface area contributed by atoms with Crippen LogP contribution < -0.4 is 9.80 Å². The molecule has 0 atom stereocenters. The van der Waals surface area contributed by atoms with E-state index in [1.165, 1.54) is 11.3 Å². The number of nitrogens with zero attached hydrogens (tertiary/aromatic N) is 4. The molecule has 2 aliphatic heterocycles. The third kappa shape index (κ3) is 4.65. The summed E-state index contributed by atoms with van der Waals surface area (Å²) in [5.41, 5.74) is 5.46. The SMILES string of the molecule is CN(C(=O)OCCCc1ccccn1)c1ccc2c(c1)N(CC1=CCC=N1)CC2. The van der Waals surface area contributed by atoms with Crippen molar-refractivity contribution in [1.29, 1.82) is 0 Å². The summed E-state index contributed by atoms with van der Waals surface area (Å²) in [5.74, 6) is 0. The highest BCUT2D eigenvalue weighted by molar-refractivity contribution is 5.88. The number of pyridine rings is 1. The number of carbonyl (C=O) groups is 1. The number of aryl methyl sites for hydroxylation is 1. The van der Waals surface area contributed by atoms with Gasteiger partial charge in [-0.2, -0.15) is 0 Å². The van der Waals surface area contributed by atoms with Crippen LogP contribution in [0.2, 0.25) is 0 Å². The summed E-state index contributed by atoms with van der Waals surface area (Å²) >= 11 is 0. The van der Waals surface area contributed by atoms with Gasteiger partial charge in [0.25, 0.3) is 0 Å². The third-order valence-electron chi connectivity index (χ3n) is 5.32. The smallest absolute Gasteiger partial charge is 0.414 e. The molecule has 0 saturated heterocycles. The molecule has 0 N–H and O–H groups in total. The normalized spacial score (nSPS) is 14.7. The Hall–Kier alpha value is -3.15. The highest BCUT2D eigenvalue weighted by Crippen LogP contribution is 2.33. The molecule has 150 valence electrons. The van der Waals surface area contributed by atoms with Crippen LogP contribution in [-0.4, -0.2) is 44.0 Å². The lowest BCUT2D eigenvalue weighted by molar-refractivity contribution is 0.153. The molecule has 2 aromatic rings. The van der Waals surface area contributed by atoms with Gasteiger partial charge in [-0.3, -0.25) is 14.9 Å². The van der Waals surface area contributed by atoms with Gasteiger partial charge in [0.1, 0.15) is 0 Å². The van der Waals surface area contributed by atoms with E-state index in [0.29, 0.717) is 6.61 Å². The Balaban J connectivity index is 1.33. The number of aromatic nitrogens is 1. The van der Waals surface area contributed by atoms with Crippen molar-refractivity contribution < 1.29 is 9.53 Å². The lowest BCUT2D eigenvalue weighted by Gasteiger charge is -2.22. The molecule has 1 amide bonds. The van der Waals surface area contributed by atoms with E-state index >= 15 is 0 Å². The Bertz CT molecular complexity index is 924. The fraction of sp³-hybridized carbons (Fsp3) is 0.348. The minimum atomic E-state index is -0.335. The fourth-order valence-electron chi connectivity index (χ4n) is 3.68. The number of carbonyl (C=O) groups excluding carboxylic acids is 1. The predicted molar refractivity (Wildman–Crippen MR) is 116 cm³/mol. The standard InChI is InChI=1S/C23H26N4O2/c1-26(23(28)29-15-5-8-19-6-2-3-12-24-19)21-10-9-18-11-14-27(22(18)16-21)17-20-7-4-13-25-20/h2-3,6-7,9-10,12-13,16H,4-5,8,11,14-15,17H2,1H3. The van der Waals surface area contributed by atoms with Crippen molar-refractivity contribution in [3.05, 3.63) is 65.6 Å². The molecule has 0 saturated carbocycles. The van der Waals surface area contributed by atoms with Gasteiger partial charge in [-0.1, -0.05) is 18.2 Å². The molecule has 1 aromatic carbocycles. The van der Waals surface area contributed by atoms with Crippen LogP contribution in [0.25, 0.3) is 0 Å². The molecule has 29 heavy (non-hydrogen) atoms. The van der Waals surface area contributed by atoms with E-state index in [0.717, 1.165) is 55.9 Å². The molecule has 1 aromatic heterocycles. The van der Waals surface area contributed by atoms with Crippen molar-refractivity contribution in [2.45, 2.75) is 25.7 Å². The highest BCUT2D eigenvalue weighted by atomic mass is 16.6. The molecule has 0 radical (unpaired) electrons. The van der Waals surface area contributed by atoms with Crippen LogP contribution in [0.15, 0.2) is 59.4 Å². The number of benzene rings is 1. The maximum Gasteiger partial charge on any atom is 0.414 e. The maximum atomic E-state index is 12.5. The van der Waals surface area contributed by atoms with Gasteiger partial charge >= 0.3 is 6.09 Å². The zero-order valence-electron chi connectivity index (χ0n) is 16.8. The lowest BCUT2D eigenvalue weighted by Crippen LogP contribution is -2.28. The van der Waals surface area contributed by atoms with E-state index in [2.05, 4.69) is 33.1 Å². The van der Waals surface area contributed by atoms with Crippen molar-refractivity contribution >= 4 is 23.7 Å². The van der Waals surface area contributed by atoms with Crippen LogP contribution in [-0.2, 0) is 17.6 Å². The minimum Gasteiger partial charge on any atom is -0.449 e. The monoisotopic (exact) mass is 390 g/mol. The van der Waals surface area contributed by atoms with E-state index in [-0.39, 0.29) is 6.09 Å². The first-order chi connectivity index (χ1) is 14.2. The highest BCUT2D eigenvalue weighted by Gasteiger charge is 2.22. The van der Waals surface area contributed by atoms with Crippen LogP contribution in [0.1, 0.15) is 24.1 Å². The van der Waals surface area contributed by atoms with Crippen LogP contribution in [0.5, 0.6) is 0 Å². The van der Waals surface area contributed by atoms with Crippen molar-refractivity contribution in [2.24, 2.45) is 4.99 Å². The molecular formula is C23H26N4O2. The van der Waals surface area contributed by atoms with Gasteiger partial charge < -0.3 is 9.64 Å². The van der Waals surface area contributed by atoms with Crippen molar-refractivity contribution in [1.82, 2.24) is 4.98 Å². The number of ether oxygens (including phenoxy) is 1. The van der Waals surface area contributed by atoms with Gasteiger partial charge in [-0.15, -0.1) is 0 Å². The Labute approximate surface area is 171 Å². The van der Waals surface area contributed by atoms with E-state index in [4.69, 9.17) is 4.74 Å². The number of amides is 1. The molecule has 6 heteroatoms. The molecule has 2 aliphatic rings. The number of hydrogen-bond acceptors (Lipinski definition) is 5. The zero-order chi connectivity index (χ0) is 20.1. The van der Waals surface area contributed by atoms with E-state index < -0.39 is 0 Å². The van der Waals surface area contributed by atoms with Crippen LogP contribution in [0.3, 0.4) is 0 Å². The summed E-state index contributed by atoms with van der Waals surface area (Å²) in [4.78, 5) is 25.1. The van der Waals surface area contributed by atoms with Crippen molar-refractivity contribution in [2.75, 3.05) is 36.5 Å². The first-order valence-electron chi connectivity index (χ1n) is 10.1. The van der Waals surface area contributed by atoms with Crippen LogP contribution >= 0.6 is 0 Å². The molecule has 0 spiro atoms. The summed E-state index contributed by atoms with van der Waals surface area (Å²) in [6, 6.07) is 12.0. The number of allylic oxidation sites excluding steroid dienone is 1. The topological polar surface area (TPSA) is 58.0 Å². The summed E-state index contributed by atoms with van der Waals surface area (Å²) in [6.07, 6.45) is 9.05. The molecule has 3 heterocycles. The summed E-state index contributed by atoms with van der Waals surface area (Å²) in [7, 11) is 1.76. The van der Waals surface area contributed by atoms with Crippen LogP contribution in [0, 0.1) is 0 Å². The van der Waals surface area contributed by atoms with Gasteiger partial charge in [0.2, 0.25) is 0 Å². The first-order valence-corrected chi connectivity index (χ1v) is 10.1. The Morgan fingerprint density at radius 2 is 2.21 bits per heavy atom. The molecule has 0 bridgehead atoms. The number of fused-ring (bicyclic) bond motifs is 1. The van der Waals surface area contributed by atoms with Crippen molar-refractivity contribution in [3.8, 4) is 0 Å². The second kappa shape index (κ2) is 8.90. The second-order valence-corrected chi connectivity index (χ2v) is 7.33. The minimum absolute atomic E-state index is 0.335. The summed E-state index contributed by atoms with van der Waals surface area (Å²) in [6.45, 7) is 2.17. The van der Waals surface area contributed by atoms with Gasteiger partial charge in [-0.05, 0) is 49.1 Å². The fourth-order valence-corrected chi connectivity index (χ4v) is 3.68. The van der Waals surface area contributed by atoms with Crippen LogP contribution in [0.4, 0.5) is 16.2 Å².